The van der Waals surface area contributed by atoms with Gasteiger partial charge in [-0.05, 0) is 55.8 Å². The molecule has 1 fully saturated rings. The third-order valence-corrected chi connectivity index (χ3v) is 3.56. The summed E-state index contributed by atoms with van der Waals surface area (Å²) < 4.78 is 5.47. The van der Waals surface area contributed by atoms with Gasteiger partial charge in [-0.25, -0.2) is 0 Å². The number of nitrogens with one attached hydrogen (secondary N) is 1. The van der Waals surface area contributed by atoms with E-state index in [1.807, 2.05) is 12.4 Å². The number of hydrogen-bond donors (Lipinski definition) is 1. The lowest BCUT2D eigenvalue weighted by Gasteiger charge is -2.21. The van der Waals surface area contributed by atoms with Crippen LogP contribution in [-0.2, 0) is 11.2 Å². The molecule has 0 aromatic carbocycles. The monoisotopic (exact) mass is 248 g/mol. The highest BCUT2D eigenvalue weighted by Gasteiger charge is 2.20. The van der Waals surface area contributed by atoms with Crippen LogP contribution in [0.25, 0.3) is 0 Å². The molecule has 2 heterocycles. The first-order valence-corrected chi connectivity index (χ1v) is 7.08. The highest BCUT2D eigenvalue weighted by atomic mass is 16.5. The zero-order chi connectivity index (χ0) is 12.6. The molecule has 0 aliphatic carbocycles. The maximum Gasteiger partial charge on any atom is 0.0495 e. The minimum atomic E-state index is 0.569. The van der Waals surface area contributed by atoms with Gasteiger partial charge in [-0.1, -0.05) is 6.92 Å². The van der Waals surface area contributed by atoms with Crippen LogP contribution in [0.1, 0.15) is 31.7 Å². The number of hydrogen-bond acceptors (Lipinski definition) is 3. The molecule has 0 bridgehead atoms. The van der Waals surface area contributed by atoms with Crippen LogP contribution < -0.4 is 5.32 Å². The molecule has 2 rings (SSSR count). The van der Waals surface area contributed by atoms with E-state index in [0.717, 1.165) is 32.1 Å². The fraction of sp³-hybridized carbons (Fsp3) is 0.667. The highest BCUT2D eigenvalue weighted by molar-refractivity contribution is 5.11. The van der Waals surface area contributed by atoms with Gasteiger partial charge < -0.3 is 10.1 Å². The molecule has 1 N–H and O–H groups in total. The summed E-state index contributed by atoms with van der Waals surface area (Å²) in [6.07, 6.45) is 8.49. The largest absolute Gasteiger partial charge is 0.381 e. The number of ether oxygens (including phenoxy) is 1. The number of nitrogens with zero attached hydrogens (tertiary/aromatic N) is 1. The van der Waals surface area contributed by atoms with Crippen molar-refractivity contribution in [3.8, 4) is 0 Å². The van der Waals surface area contributed by atoms with Crippen LogP contribution in [0.2, 0.25) is 0 Å². The predicted molar refractivity (Wildman–Crippen MR) is 73.6 cm³/mol. The van der Waals surface area contributed by atoms with Crippen molar-refractivity contribution in [1.29, 1.82) is 0 Å². The molecule has 0 amide bonds. The van der Waals surface area contributed by atoms with E-state index < -0.39 is 0 Å². The third-order valence-electron chi connectivity index (χ3n) is 3.56. The lowest BCUT2D eigenvalue weighted by Crippen LogP contribution is -2.34. The van der Waals surface area contributed by atoms with Crippen molar-refractivity contribution in [3.63, 3.8) is 0 Å². The van der Waals surface area contributed by atoms with Crippen LogP contribution in [0, 0.1) is 5.92 Å². The summed E-state index contributed by atoms with van der Waals surface area (Å²) in [5.41, 5.74) is 1.37. The molecule has 18 heavy (non-hydrogen) atoms. The van der Waals surface area contributed by atoms with E-state index in [9.17, 15) is 0 Å². The van der Waals surface area contributed by atoms with Crippen LogP contribution in [0.3, 0.4) is 0 Å². The van der Waals surface area contributed by atoms with Crippen molar-refractivity contribution in [3.05, 3.63) is 30.1 Å². The summed E-state index contributed by atoms with van der Waals surface area (Å²) in [6.45, 7) is 5.21. The molecule has 3 nitrogen and oxygen atoms in total. The Hall–Kier alpha value is -0.930. The summed E-state index contributed by atoms with van der Waals surface area (Å²) in [5.74, 6) is 0.737. The summed E-state index contributed by atoms with van der Waals surface area (Å²) in [6, 6.07) is 4.80. The number of aromatic nitrogens is 1. The Morgan fingerprint density at radius 2 is 2.28 bits per heavy atom. The highest BCUT2D eigenvalue weighted by Crippen LogP contribution is 2.20. The first-order chi connectivity index (χ1) is 8.88. The Labute approximate surface area is 110 Å². The van der Waals surface area contributed by atoms with Crippen molar-refractivity contribution >= 4 is 0 Å². The molecule has 0 saturated carbocycles. The minimum absolute atomic E-state index is 0.569. The van der Waals surface area contributed by atoms with E-state index in [1.165, 1.54) is 24.8 Å². The molecule has 1 aliphatic rings. The van der Waals surface area contributed by atoms with Gasteiger partial charge in [-0.3, -0.25) is 4.98 Å². The summed E-state index contributed by atoms with van der Waals surface area (Å²) >= 11 is 0. The molecule has 0 spiro atoms. The molecular weight excluding hydrogens is 224 g/mol. The van der Waals surface area contributed by atoms with Crippen molar-refractivity contribution in [1.82, 2.24) is 10.3 Å². The molecule has 100 valence electrons. The average Bonchev–Trinajstić information content (AvgIpc) is 2.90. The Balaban J connectivity index is 1.87. The normalized spacial score (nSPS) is 21.1. The van der Waals surface area contributed by atoms with Gasteiger partial charge in [0.25, 0.3) is 0 Å². The Morgan fingerprint density at radius 3 is 2.94 bits per heavy atom. The lowest BCUT2D eigenvalue weighted by atomic mass is 9.95. The maximum atomic E-state index is 5.47. The van der Waals surface area contributed by atoms with E-state index in [-0.39, 0.29) is 0 Å². The van der Waals surface area contributed by atoms with Crippen LogP contribution in [0.15, 0.2) is 24.5 Å². The first-order valence-electron chi connectivity index (χ1n) is 7.08. The fourth-order valence-electron chi connectivity index (χ4n) is 2.56. The second kappa shape index (κ2) is 7.49. The Kier molecular flexibility index (Phi) is 5.62. The molecular formula is C15H24N2O. The van der Waals surface area contributed by atoms with Gasteiger partial charge in [-0.15, -0.1) is 0 Å². The standard InChI is InChI=1S/C15H24N2O/c1-2-6-17-15(11-14-5-9-18-12-14)10-13-3-7-16-8-4-13/h3-4,7-8,14-15,17H,2,5-6,9-12H2,1H3. The van der Waals surface area contributed by atoms with Gasteiger partial charge in [0.2, 0.25) is 0 Å². The van der Waals surface area contributed by atoms with Crippen molar-refractivity contribution in [2.75, 3.05) is 19.8 Å². The minimum Gasteiger partial charge on any atom is -0.381 e. The summed E-state index contributed by atoms with van der Waals surface area (Å²) in [7, 11) is 0. The first kappa shape index (κ1) is 13.5. The zero-order valence-corrected chi connectivity index (χ0v) is 11.3. The van der Waals surface area contributed by atoms with Crippen LogP contribution >= 0.6 is 0 Å². The third kappa shape index (κ3) is 4.39. The molecule has 1 aliphatic heterocycles. The van der Waals surface area contributed by atoms with E-state index >= 15 is 0 Å². The van der Waals surface area contributed by atoms with E-state index in [1.54, 1.807) is 0 Å². The zero-order valence-electron chi connectivity index (χ0n) is 11.3. The van der Waals surface area contributed by atoms with Crippen molar-refractivity contribution < 1.29 is 4.74 Å². The Bertz CT molecular complexity index is 323. The van der Waals surface area contributed by atoms with E-state index in [2.05, 4.69) is 29.4 Å². The van der Waals surface area contributed by atoms with Crippen LogP contribution in [0.5, 0.6) is 0 Å². The van der Waals surface area contributed by atoms with Gasteiger partial charge in [0.1, 0.15) is 0 Å². The SMILES string of the molecule is CCCNC(Cc1ccncc1)CC1CCOC1. The van der Waals surface area contributed by atoms with Crippen molar-refractivity contribution in [2.24, 2.45) is 5.92 Å². The molecule has 1 saturated heterocycles. The topological polar surface area (TPSA) is 34.2 Å². The molecule has 3 heteroatoms. The van der Waals surface area contributed by atoms with Crippen LogP contribution in [-0.4, -0.2) is 30.8 Å². The molecule has 2 atom stereocenters. The predicted octanol–water partition coefficient (Wildman–Crippen LogP) is 2.42. The van der Waals surface area contributed by atoms with Crippen LogP contribution in [0.4, 0.5) is 0 Å². The van der Waals surface area contributed by atoms with Gasteiger partial charge >= 0.3 is 0 Å². The smallest absolute Gasteiger partial charge is 0.0495 e. The van der Waals surface area contributed by atoms with E-state index in [4.69, 9.17) is 4.74 Å². The summed E-state index contributed by atoms with van der Waals surface area (Å²) in [4.78, 5) is 4.08. The molecule has 1 aromatic heterocycles. The number of rotatable bonds is 7. The quantitative estimate of drug-likeness (QED) is 0.804. The molecule has 2 unspecified atom stereocenters. The maximum absolute atomic E-state index is 5.47. The van der Waals surface area contributed by atoms with E-state index in [0.29, 0.717) is 6.04 Å². The molecule has 1 aromatic rings. The Morgan fingerprint density at radius 1 is 1.44 bits per heavy atom. The second-order valence-electron chi connectivity index (χ2n) is 5.18. The second-order valence-corrected chi connectivity index (χ2v) is 5.18. The average molecular weight is 248 g/mol. The molecule has 0 radical (unpaired) electrons. The van der Waals surface area contributed by atoms with Gasteiger partial charge in [0.15, 0.2) is 0 Å². The van der Waals surface area contributed by atoms with Gasteiger partial charge in [-0.2, -0.15) is 0 Å². The summed E-state index contributed by atoms with van der Waals surface area (Å²) in [5, 5.41) is 3.67. The lowest BCUT2D eigenvalue weighted by molar-refractivity contribution is 0.181. The van der Waals surface area contributed by atoms with Gasteiger partial charge in [0, 0.05) is 31.6 Å². The van der Waals surface area contributed by atoms with Gasteiger partial charge in [0.05, 0.1) is 0 Å². The fourth-order valence-corrected chi connectivity index (χ4v) is 2.56. The van der Waals surface area contributed by atoms with Crippen molar-refractivity contribution in [2.45, 2.75) is 38.6 Å². The number of pyridine rings is 1.